The number of amides is 2. The summed E-state index contributed by atoms with van der Waals surface area (Å²) >= 11 is 0. The number of carbonyl (C=O) groups excluding carboxylic acids is 2. The first kappa shape index (κ1) is 31.3. The molecule has 0 unspecified atom stereocenters. The summed E-state index contributed by atoms with van der Waals surface area (Å²) in [5.74, 6) is 0.384. The van der Waals surface area contributed by atoms with Gasteiger partial charge < -0.3 is 15.0 Å². The molecule has 4 aromatic carbocycles. The van der Waals surface area contributed by atoms with Crippen LogP contribution in [-0.2, 0) is 26.0 Å². The summed E-state index contributed by atoms with van der Waals surface area (Å²) in [6.45, 7) is 3.85. The summed E-state index contributed by atoms with van der Waals surface area (Å²) in [5, 5.41) is 2.85. The van der Waals surface area contributed by atoms with E-state index in [1.165, 1.54) is 17.0 Å². The van der Waals surface area contributed by atoms with Gasteiger partial charge in [-0.05, 0) is 73.9 Å². The molecule has 0 radical (unpaired) electrons. The molecule has 4 rings (SSSR count). The number of nitrogens with one attached hydrogen (secondary N) is 1. The van der Waals surface area contributed by atoms with Gasteiger partial charge in [0, 0.05) is 13.1 Å². The Hall–Kier alpha value is -4.63. The Bertz CT molecular complexity index is 1570. The summed E-state index contributed by atoms with van der Waals surface area (Å²) in [5.41, 5.74) is 1.30. The van der Waals surface area contributed by atoms with Crippen molar-refractivity contribution in [3.8, 4) is 11.5 Å². The van der Waals surface area contributed by atoms with Gasteiger partial charge >= 0.3 is 0 Å². The second-order valence-corrected chi connectivity index (χ2v) is 11.9. The van der Waals surface area contributed by atoms with Crippen LogP contribution in [0.1, 0.15) is 25.8 Å². The van der Waals surface area contributed by atoms with Gasteiger partial charge in [0.1, 0.15) is 24.1 Å². The first-order chi connectivity index (χ1) is 20.8. The van der Waals surface area contributed by atoms with Crippen LogP contribution >= 0.6 is 0 Å². The van der Waals surface area contributed by atoms with E-state index in [4.69, 9.17) is 4.74 Å². The van der Waals surface area contributed by atoms with Crippen molar-refractivity contribution in [3.63, 3.8) is 0 Å². The molecule has 0 saturated carbocycles. The number of hydrogen-bond donors (Lipinski definition) is 1. The summed E-state index contributed by atoms with van der Waals surface area (Å²) < 4.78 is 34.8. The molecule has 1 N–H and O–H groups in total. The Morgan fingerprint density at radius 2 is 1.35 bits per heavy atom. The number of carbonyl (C=O) groups is 2. The number of anilines is 1. The normalized spacial score (nSPS) is 11.8. The molecule has 0 aliphatic carbocycles. The van der Waals surface area contributed by atoms with E-state index < -0.39 is 28.5 Å². The molecule has 9 heteroatoms. The van der Waals surface area contributed by atoms with E-state index in [9.17, 15) is 18.0 Å². The average Bonchev–Trinajstić information content (AvgIpc) is 3.04. The average molecular weight is 600 g/mol. The van der Waals surface area contributed by atoms with Crippen LogP contribution in [0, 0.1) is 0 Å². The maximum absolute atomic E-state index is 14.0. The number of para-hydroxylation sites is 1. The van der Waals surface area contributed by atoms with Crippen molar-refractivity contribution >= 4 is 27.5 Å². The lowest BCUT2D eigenvalue weighted by Crippen LogP contribution is -2.52. The van der Waals surface area contributed by atoms with Crippen molar-refractivity contribution in [2.75, 3.05) is 23.9 Å². The van der Waals surface area contributed by atoms with Crippen LogP contribution in [0.25, 0.3) is 0 Å². The van der Waals surface area contributed by atoms with Gasteiger partial charge in [-0.2, -0.15) is 0 Å². The monoisotopic (exact) mass is 599 g/mol. The van der Waals surface area contributed by atoms with Crippen molar-refractivity contribution in [2.45, 2.75) is 37.6 Å². The standard InChI is InChI=1S/C34H37N3O5S/c1-3-24-35-34(39)27(2)36(25-23-28-13-7-4-8-14-28)33(38)26-37(43(40,41)32-17-11-6-12-18-32)29-19-21-31(22-20-29)42-30-15-9-5-10-16-30/h4-22,27H,3,23-26H2,1-2H3,(H,35,39)/t27-/m1/s1. The van der Waals surface area contributed by atoms with Crippen LogP contribution in [0.3, 0.4) is 0 Å². The number of benzene rings is 4. The number of sulfonamides is 1. The Morgan fingerprint density at radius 1 is 0.791 bits per heavy atom. The SMILES string of the molecule is CCCNC(=O)[C@@H](C)N(CCc1ccccc1)C(=O)CN(c1ccc(Oc2ccccc2)cc1)S(=O)(=O)c1ccccc1. The van der Waals surface area contributed by atoms with Gasteiger partial charge in [0.05, 0.1) is 10.6 Å². The van der Waals surface area contributed by atoms with Crippen molar-refractivity contribution < 1.29 is 22.7 Å². The van der Waals surface area contributed by atoms with Crippen molar-refractivity contribution in [2.24, 2.45) is 0 Å². The number of ether oxygens (including phenoxy) is 1. The number of rotatable bonds is 14. The molecular weight excluding hydrogens is 562 g/mol. The molecular formula is C34H37N3O5S. The highest BCUT2D eigenvalue weighted by atomic mass is 32.2. The van der Waals surface area contributed by atoms with Gasteiger partial charge in [0.15, 0.2) is 0 Å². The second-order valence-electron chi connectivity index (χ2n) is 10.0. The van der Waals surface area contributed by atoms with Crippen LogP contribution in [0.2, 0.25) is 0 Å². The largest absolute Gasteiger partial charge is 0.457 e. The molecule has 1 atom stereocenters. The van der Waals surface area contributed by atoms with Gasteiger partial charge in [-0.1, -0.05) is 73.7 Å². The summed E-state index contributed by atoms with van der Waals surface area (Å²) in [6.07, 6.45) is 1.26. The predicted molar refractivity (Wildman–Crippen MR) is 169 cm³/mol. The smallest absolute Gasteiger partial charge is 0.264 e. The quantitative estimate of drug-likeness (QED) is 0.202. The minimum Gasteiger partial charge on any atom is -0.457 e. The highest BCUT2D eigenvalue weighted by molar-refractivity contribution is 7.92. The van der Waals surface area contributed by atoms with Crippen molar-refractivity contribution in [1.82, 2.24) is 10.2 Å². The summed E-state index contributed by atoms with van der Waals surface area (Å²) in [6, 6.07) is 32.6. The molecule has 2 amide bonds. The summed E-state index contributed by atoms with van der Waals surface area (Å²) in [4.78, 5) is 28.4. The fourth-order valence-electron chi connectivity index (χ4n) is 4.52. The zero-order chi connectivity index (χ0) is 30.7. The third-order valence-corrected chi connectivity index (χ3v) is 8.70. The highest BCUT2D eigenvalue weighted by Gasteiger charge is 2.32. The van der Waals surface area contributed by atoms with Gasteiger partial charge in [0.2, 0.25) is 11.8 Å². The fraction of sp³-hybridized carbons (Fsp3) is 0.235. The van der Waals surface area contributed by atoms with Gasteiger partial charge in [-0.3, -0.25) is 13.9 Å². The molecule has 0 spiro atoms. The Labute approximate surface area is 254 Å². The zero-order valence-electron chi connectivity index (χ0n) is 24.4. The van der Waals surface area contributed by atoms with Crippen LogP contribution in [-0.4, -0.2) is 50.8 Å². The van der Waals surface area contributed by atoms with E-state index in [-0.39, 0.29) is 17.3 Å². The minimum atomic E-state index is -4.14. The summed E-state index contributed by atoms with van der Waals surface area (Å²) in [7, 11) is -4.14. The first-order valence-electron chi connectivity index (χ1n) is 14.3. The molecule has 0 saturated heterocycles. The number of hydrogen-bond acceptors (Lipinski definition) is 5. The van der Waals surface area contributed by atoms with Crippen LogP contribution in [0.5, 0.6) is 11.5 Å². The molecule has 0 aromatic heterocycles. The highest BCUT2D eigenvalue weighted by Crippen LogP contribution is 2.28. The molecule has 0 bridgehead atoms. The first-order valence-corrected chi connectivity index (χ1v) is 15.8. The second kappa shape index (κ2) is 15.0. The molecule has 0 aliphatic rings. The maximum Gasteiger partial charge on any atom is 0.264 e. The lowest BCUT2D eigenvalue weighted by molar-refractivity contribution is -0.138. The topological polar surface area (TPSA) is 96.0 Å². The molecule has 224 valence electrons. The Morgan fingerprint density at radius 3 is 1.95 bits per heavy atom. The van der Waals surface area contributed by atoms with Crippen molar-refractivity contribution in [3.05, 3.63) is 121 Å². The van der Waals surface area contributed by atoms with E-state index >= 15 is 0 Å². The van der Waals surface area contributed by atoms with E-state index in [1.807, 2.05) is 67.6 Å². The van der Waals surface area contributed by atoms with E-state index in [2.05, 4.69) is 5.32 Å². The molecule has 0 heterocycles. The molecule has 4 aromatic rings. The minimum absolute atomic E-state index is 0.0528. The van der Waals surface area contributed by atoms with E-state index in [1.54, 1.807) is 49.4 Å². The van der Waals surface area contributed by atoms with Gasteiger partial charge in [-0.15, -0.1) is 0 Å². The number of nitrogens with zero attached hydrogens (tertiary/aromatic N) is 2. The maximum atomic E-state index is 14.0. The van der Waals surface area contributed by atoms with E-state index in [0.29, 0.717) is 30.2 Å². The van der Waals surface area contributed by atoms with Gasteiger partial charge in [-0.25, -0.2) is 8.42 Å². The van der Waals surface area contributed by atoms with Crippen LogP contribution in [0.4, 0.5) is 5.69 Å². The Balaban J connectivity index is 1.64. The third kappa shape index (κ3) is 8.45. The van der Waals surface area contributed by atoms with Crippen molar-refractivity contribution in [1.29, 1.82) is 0 Å². The molecule has 43 heavy (non-hydrogen) atoms. The molecule has 0 fully saturated rings. The Kier molecular flexibility index (Phi) is 10.9. The fourth-order valence-corrected chi connectivity index (χ4v) is 5.95. The predicted octanol–water partition coefficient (Wildman–Crippen LogP) is 5.66. The zero-order valence-corrected chi connectivity index (χ0v) is 25.2. The molecule has 0 aliphatic heterocycles. The lowest BCUT2D eigenvalue weighted by Gasteiger charge is -2.32. The van der Waals surface area contributed by atoms with Gasteiger partial charge in [0.25, 0.3) is 10.0 Å². The molecule has 8 nitrogen and oxygen atoms in total. The third-order valence-electron chi connectivity index (χ3n) is 6.91. The van der Waals surface area contributed by atoms with E-state index in [0.717, 1.165) is 16.3 Å². The lowest BCUT2D eigenvalue weighted by atomic mass is 10.1. The van der Waals surface area contributed by atoms with Crippen LogP contribution < -0.4 is 14.4 Å². The van der Waals surface area contributed by atoms with Crippen LogP contribution in [0.15, 0.2) is 120 Å².